The summed E-state index contributed by atoms with van der Waals surface area (Å²) in [7, 11) is 0. The lowest BCUT2D eigenvalue weighted by molar-refractivity contribution is -0.107. The standard InChI is InChI=1S/C10H8O2S/c1-8-6-9(7-12)13-10(8)4-2-3-5-11/h5-7H,3H2,1H3. The van der Waals surface area contributed by atoms with Crippen LogP contribution in [0.1, 0.15) is 26.5 Å². The van der Waals surface area contributed by atoms with E-state index in [0.717, 1.165) is 23.0 Å². The predicted molar refractivity (Wildman–Crippen MR) is 52.0 cm³/mol. The lowest BCUT2D eigenvalue weighted by Crippen LogP contribution is -1.71. The van der Waals surface area contributed by atoms with E-state index in [-0.39, 0.29) is 6.42 Å². The molecule has 3 heteroatoms. The molecule has 0 saturated heterocycles. The van der Waals surface area contributed by atoms with E-state index < -0.39 is 0 Å². The summed E-state index contributed by atoms with van der Waals surface area (Å²) in [5.41, 5.74) is 0.991. The van der Waals surface area contributed by atoms with Gasteiger partial charge in [0.15, 0.2) is 6.29 Å². The maximum absolute atomic E-state index is 10.4. The molecule has 0 saturated carbocycles. The van der Waals surface area contributed by atoms with Crippen LogP contribution in [-0.2, 0) is 4.79 Å². The number of hydrogen-bond acceptors (Lipinski definition) is 3. The number of carbonyl (C=O) groups is 2. The lowest BCUT2D eigenvalue weighted by Gasteiger charge is -1.81. The van der Waals surface area contributed by atoms with Crippen LogP contribution in [0, 0.1) is 18.8 Å². The summed E-state index contributed by atoms with van der Waals surface area (Å²) >= 11 is 1.35. The van der Waals surface area contributed by atoms with Crippen molar-refractivity contribution in [1.29, 1.82) is 0 Å². The zero-order chi connectivity index (χ0) is 9.68. The van der Waals surface area contributed by atoms with Crippen LogP contribution in [0.25, 0.3) is 0 Å². The monoisotopic (exact) mass is 192 g/mol. The molecule has 1 rings (SSSR count). The molecular formula is C10H8O2S. The van der Waals surface area contributed by atoms with Crippen molar-refractivity contribution in [3.63, 3.8) is 0 Å². The van der Waals surface area contributed by atoms with Gasteiger partial charge < -0.3 is 4.79 Å². The van der Waals surface area contributed by atoms with Gasteiger partial charge in [-0.3, -0.25) is 4.79 Å². The molecule has 0 aliphatic heterocycles. The van der Waals surface area contributed by atoms with Gasteiger partial charge in [-0.2, -0.15) is 0 Å². The highest BCUT2D eigenvalue weighted by molar-refractivity contribution is 7.14. The van der Waals surface area contributed by atoms with Gasteiger partial charge in [0.2, 0.25) is 0 Å². The summed E-state index contributed by atoms with van der Waals surface area (Å²) in [5, 5.41) is 0. The molecule has 0 bridgehead atoms. The SMILES string of the molecule is Cc1cc(C=O)sc1C#CCC=O. The summed E-state index contributed by atoms with van der Waals surface area (Å²) < 4.78 is 0. The normalized spacial score (nSPS) is 8.69. The molecule has 0 amide bonds. The molecule has 0 aliphatic rings. The van der Waals surface area contributed by atoms with Crippen LogP contribution in [0.5, 0.6) is 0 Å². The van der Waals surface area contributed by atoms with Crippen LogP contribution in [0.4, 0.5) is 0 Å². The van der Waals surface area contributed by atoms with E-state index in [1.807, 2.05) is 6.92 Å². The molecule has 1 heterocycles. The van der Waals surface area contributed by atoms with E-state index in [1.54, 1.807) is 6.07 Å². The van der Waals surface area contributed by atoms with Gasteiger partial charge >= 0.3 is 0 Å². The maximum Gasteiger partial charge on any atom is 0.160 e. The van der Waals surface area contributed by atoms with Crippen molar-refractivity contribution in [2.75, 3.05) is 0 Å². The number of thiophene rings is 1. The highest BCUT2D eigenvalue weighted by Crippen LogP contribution is 2.18. The lowest BCUT2D eigenvalue weighted by atomic mass is 10.2. The molecule has 0 aliphatic carbocycles. The Balaban J connectivity index is 2.89. The van der Waals surface area contributed by atoms with Gasteiger partial charge in [-0.1, -0.05) is 11.8 Å². The molecule has 0 aromatic carbocycles. The summed E-state index contributed by atoms with van der Waals surface area (Å²) in [6.07, 6.45) is 1.81. The zero-order valence-corrected chi connectivity index (χ0v) is 7.98. The van der Waals surface area contributed by atoms with Gasteiger partial charge in [0.1, 0.15) is 6.29 Å². The molecule has 0 N–H and O–H groups in total. The minimum absolute atomic E-state index is 0.244. The Morgan fingerprint density at radius 2 is 2.31 bits per heavy atom. The Hall–Kier alpha value is -1.40. The van der Waals surface area contributed by atoms with Crippen LogP contribution in [0.15, 0.2) is 6.07 Å². The first-order chi connectivity index (χ1) is 6.27. The maximum atomic E-state index is 10.4. The molecule has 0 spiro atoms. The Kier molecular flexibility index (Phi) is 3.41. The quantitative estimate of drug-likeness (QED) is 0.529. The van der Waals surface area contributed by atoms with E-state index in [2.05, 4.69) is 11.8 Å². The van der Waals surface area contributed by atoms with E-state index >= 15 is 0 Å². The summed E-state index contributed by atoms with van der Waals surface area (Å²) in [6.45, 7) is 1.90. The number of hydrogen-bond donors (Lipinski definition) is 0. The summed E-state index contributed by atoms with van der Waals surface area (Å²) in [6, 6.07) is 1.79. The van der Waals surface area contributed by atoms with E-state index in [0.29, 0.717) is 4.88 Å². The average Bonchev–Trinajstić information content (AvgIpc) is 2.48. The second-order valence-electron chi connectivity index (χ2n) is 2.45. The second-order valence-corrected chi connectivity index (χ2v) is 3.54. The van der Waals surface area contributed by atoms with Crippen molar-refractivity contribution < 1.29 is 9.59 Å². The first-order valence-corrected chi connectivity index (χ1v) is 4.57. The van der Waals surface area contributed by atoms with Crippen LogP contribution in [0.3, 0.4) is 0 Å². The summed E-state index contributed by atoms with van der Waals surface area (Å²) in [4.78, 5) is 21.9. The average molecular weight is 192 g/mol. The smallest absolute Gasteiger partial charge is 0.160 e. The number of aryl methyl sites for hydroxylation is 1. The van der Waals surface area contributed by atoms with Gasteiger partial charge in [0.25, 0.3) is 0 Å². The van der Waals surface area contributed by atoms with Crippen molar-refractivity contribution in [2.24, 2.45) is 0 Å². The van der Waals surface area contributed by atoms with Crippen molar-refractivity contribution in [2.45, 2.75) is 13.3 Å². The second kappa shape index (κ2) is 4.58. The Morgan fingerprint density at radius 3 is 2.85 bits per heavy atom. The molecule has 0 fully saturated rings. The molecule has 2 nitrogen and oxygen atoms in total. The van der Waals surface area contributed by atoms with E-state index in [9.17, 15) is 9.59 Å². The van der Waals surface area contributed by atoms with Crippen LogP contribution in [0.2, 0.25) is 0 Å². The van der Waals surface area contributed by atoms with Crippen LogP contribution in [-0.4, -0.2) is 12.6 Å². The highest BCUT2D eigenvalue weighted by atomic mass is 32.1. The molecule has 13 heavy (non-hydrogen) atoms. The first kappa shape index (κ1) is 9.69. The molecule has 66 valence electrons. The van der Waals surface area contributed by atoms with Crippen LogP contribution < -0.4 is 0 Å². The fourth-order valence-electron chi connectivity index (χ4n) is 0.862. The number of rotatable bonds is 2. The van der Waals surface area contributed by atoms with Crippen molar-refractivity contribution >= 4 is 23.9 Å². The topological polar surface area (TPSA) is 34.1 Å². The number of aldehydes is 2. The third-order valence-corrected chi connectivity index (χ3v) is 2.52. The zero-order valence-electron chi connectivity index (χ0n) is 7.16. The third-order valence-electron chi connectivity index (χ3n) is 1.44. The van der Waals surface area contributed by atoms with Gasteiger partial charge in [-0.15, -0.1) is 11.3 Å². The van der Waals surface area contributed by atoms with Crippen molar-refractivity contribution in [1.82, 2.24) is 0 Å². The van der Waals surface area contributed by atoms with Gasteiger partial charge in [-0.05, 0) is 18.6 Å². The fourth-order valence-corrected chi connectivity index (χ4v) is 1.72. The molecule has 0 atom stereocenters. The first-order valence-electron chi connectivity index (χ1n) is 3.76. The van der Waals surface area contributed by atoms with Crippen molar-refractivity contribution in [3.8, 4) is 11.8 Å². The van der Waals surface area contributed by atoms with E-state index in [4.69, 9.17) is 0 Å². The van der Waals surface area contributed by atoms with Crippen molar-refractivity contribution in [3.05, 3.63) is 21.4 Å². The van der Waals surface area contributed by atoms with Gasteiger partial charge in [-0.25, -0.2) is 0 Å². The minimum atomic E-state index is 0.244. The highest BCUT2D eigenvalue weighted by Gasteiger charge is 2.00. The molecule has 1 aromatic rings. The predicted octanol–water partition coefficient (Wildman–Crippen LogP) is 1.81. The molecule has 1 aromatic heterocycles. The fraction of sp³-hybridized carbons (Fsp3) is 0.200. The van der Waals surface area contributed by atoms with E-state index in [1.165, 1.54) is 11.3 Å². The summed E-state index contributed by atoms with van der Waals surface area (Å²) in [5.74, 6) is 5.55. The Bertz CT molecular complexity index is 379. The molecular weight excluding hydrogens is 184 g/mol. The Labute approximate surface area is 80.6 Å². The van der Waals surface area contributed by atoms with Gasteiger partial charge in [0, 0.05) is 0 Å². The molecule has 0 unspecified atom stereocenters. The minimum Gasteiger partial charge on any atom is -0.302 e. The van der Waals surface area contributed by atoms with Crippen LogP contribution >= 0.6 is 11.3 Å². The molecule has 0 radical (unpaired) electrons. The largest absolute Gasteiger partial charge is 0.302 e. The third kappa shape index (κ3) is 2.53. The van der Waals surface area contributed by atoms with Gasteiger partial charge in [0.05, 0.1) is 16.2 Å². The number of carbonyl (C=O) groups excluding carboxylic acids is 2. The Morgan fingerprint density at radius 1 is 1.54 bits per heavy atom.